The number of carbonyl (C=O) groups is 1. The molecule has 0 aliphatic heterocycles. The van der Waals surface area contributed by atoms with Crippen molar-refractivity contribution in [2.75, 3.05) is 0 Å². The second-order valence-electron chi connectivity index (χ2n) is 5.78. The minimum Gasteiger partial charge on any atom is -0.390 e. The van der Waals surface area contributed by atoms with Crippen molar-refractivity contribution in [2.45, 2.75) is 26.9 Å². The molecular formula is C17H17N5O3. The van der Waals surface area contributed by atoms with Gasteiger partial charge in [-0.2, -0.15) is 4.68 Å². The Morgan fingerprint density at radius 2 is 1.96 bits per heavy atom. The van der Waals surface area contributed by atoms with Gasteiger partial charge in [-0.3, -0.25) is 4.79 Å². The fraction of sp³-hybridized carbons (Fsp3) is 0.235. The van der Waals surface area contributed by atoms with Gasteiger partial charge in [-0.05, 0) is 30.4 Å². The maximum absolute atomic E-state index is 12.6. The predicted octanol–water partition coefficient (Wildman–Crippen LogP) is 2.54. The number of Topliss-reactive ketones (excluding diaryl/α,β-unsaturated/α-hetero) is 1. The molecule has 2 aromatic heterocycles. The average molecular weight is 339 g/mol. The van der Waals surface area contributed by atoms with Gasteiger partial charge in [-0.25, -0.2) is 0 Å². The van der Waals surface area contributed by atoms with Gasteiger partial charge in [0, 0.05) is 28.6 Å². The van der Waals surface area contributed by atoms with Crippen LogP contribution in [0.2, 0.25) is 0 Å². The number of hydrogen-bond acceptors (Lipinski definition) is 5. The lowest BCUT2D eigenvalue weighted by atomic mass is 10.1. The molecule has 3 rings (SSSR count). The van der Waals surface area contributed by atoms with E-state index in [2.05, 4.69) is 14.6 Å². The number of carbonyl (C=O) groups excluding carboxylic acids is 1. The molecule has 0 saturated carbocycles. The molecule has 8 heteroatoms. The first kappa shape index (κ1) is 16.6. The summed E-state index contributed by atoms with van der Waals surface area (Å²) in [7, 11) is 0. The maximum atomic E-state index is 12.6. The van der Waals surface area contributed by atoms with Gasteiger partial charge in [-0.1, -0.05) is 35.3 Å². The minimum absolute atomic E-state index is 0.0868. The normalized spacial score (nSPS) is 10.8. The summed E-state index contributed by atoms with van der Waals surface area (Å²) in [5, 5.41) is 14.3. The van der Waals surface area contributed by atoms with Gasteiger partial charge in [0.1, 0.15) is 6.54 Å². The van der Waals surface area contributed by atoms with Crippen molar-refractivity contribution in [1.82, 2.24) is 19.3 Å². The topological polar surface area (TPSA) is 95.8 Å². The smallest absolute Gasteiger partial charge is 0.390 e. The monoisotopic (exact) mass is 339 g/mol. The first-order valence-electron chi connectivity index (χ1n) is 7.73. The standard InChI is InChI=1S/C17H17N5O3/c1-12-8-15(13(2)21(12)9-14-6-4-3-5-7-14)16(23)10-20-11-18-17(19-20)22(24)25/h3-8,11H,9-10H2,1-2H3. The second kappa shape index (κ2) is 6.68. The van der Waals surface area contributed by atoms with E-state index in [0.29, 0.717) is 12.1 Å². The van der Waals surface area contributed by atoms with Crippen molar-refractivity contribution in [3.05, 3.63) is 75.4 Å². The van der Waals surface area contributed by atoms with Crippen LogP contribution in [0.4, 0.5) is 5.95 Å². The summed E-state index contributed by atoms with van der Waals surface area (Å²) in [6, 6.07) is 11.8. The van der Waals surface area contributed by atoms with Crippen LogP contribution >= 0.6 is 0 Å². The summed E-state index contributed by atoms with van der Waals surface area (Å²) in [5.41, 5.74) is 3.58. The molecule has 0 fully saturated rings. The SMILES string of the molecule is Cc1cc(C(=O)Cn2cnc([N+](=O)[O-])n2)c(C)n1Cc1ccccc1. The number of rotatable bonds is 6. The number of aryl methyl sites for hydroxylation is 1. The van der Waals surface area contributed by atoms with Gasteiger partial charge in [0.05, 0.1) is 0 Å². The van der Waals surface area contributed by atoms with Crippen LogP contribution in [-0.4, -0.2) is 30.0 Å². The van der Waals surface area contributed by atoms with Gasteiger partial charge in [-0.15, -0.1) is 0 Å². The molecule has 0 aliphatic rings. The molecule has 0 amide bonds. The highest BCUT2D eigenvalue weighted by molar-refractivity contribution is 5.97. The Morgan fingerprint density at radius 1 is 1.24 bits per heavy atom. The molecule has 0 saturated heterocycles. The van der Waals surface area contributed by atoms with Crippen molar-refractivity contribution >= 4 is 11.7 Å². The molecule has 0 spiro atoms. The van der Waals surface area contributed by atoms with Gasteiger partial charge in [0.15, 0.2) is 5.78 Å². The summed E-state index contributed by atoms with van der Waals surface area (Å²) < 4.78 is 3.26. The molecule has 1 aromatic carbocycles. The molecule has 0 bridgehead atoms. The van der Waals surface area contributed by atoms with Crippen molar-refractivity contribution in [3.8, 4) is 0 Å². The van der Waals surface area contributed by atoms with E-state index >= 15 is 0 Å². The van der Waals surface area contributed by atoms with Crippen LogP contribution in [0, 0.1) is 24.0 Å². The van der Waals surface area contributed by atoms with Crippen LogP contribution in [0.3, 0.4) is 0 Å². The summed E-state index contributed by atoms with van der Waals surface area (Å²) >= 11 is 0. The Labute approximate surface area is 143 Å². The first-order chi connectivity index (χ1) is 12.0. The minimum atomic E-state index is -0.688. The van der Waals surface area contributed by atoms with E-state index in [1.165, 1.54) is 11.0 Å². The molecule has 2 heterocycles. The Kier molecular flexibility index (Phi) is 4.42. The molecule has 0 aliphatic carbocycles. The molecule has 0 N–H and O–H groups in total. The molecule has 0 unspecified atom stereocenters. The zero-order valence-corrected chi connectivity index (χ0v) is 13.9. The zero-order chi connectivity index (χ0) is 18.0. The maximum Gasteiger partial charge on any atom is 0.490 e. The van der Waals surface area contributed by atoms with Gasteiger partial charge < -0.3 is 14.7 Å². The highest BCUT2D eigenvalue weighted by Gasteiger charge is 2.20. The lowest BCUT2D eigenvalue weighted by Crippen LogP contribution is -2.12. The number of benzene rings is 1. The molecule has 8 nitrogen and oxygen atoms in total. The van der Waals surface area contributed by atoms with Crippen LogP contribution < -0.4 is 0 Å². The third-order valence-electron chi connectivity index (χ3n) is 4.05. The number of ketones is 1. The third-order valence-corrected chi connectivity index (χ3v) is 4.05. The molecule has 0 atom stereocenters. The van der Waals surface area contributed by atoms with Crippen molar-refractivity contribution in [2.24, 2.45) is 0 Å². The lowest BCUT2D eigenvalue weighted by Gasteiger charge is -2.09. The third kappa shape index (κ3) is 3.47. The van der Waals surface area contributed by atoms with E-state index in [9.17, 15) is 14.9 Å². The Morgan fingerprint density at radius 3 is 2.60 bits per heavy atom. The fourth-order valence-electron chi connectivity index (χ4n) is 2.77. The molecule has 128 valence electrons. The molecule has 25 heavy (non-hydrogen) atoms. The van der Waals surface area contributed by atoms with Crippen LogP contribution in [0.1, 0.15) is 27.3 Å². The highest BCUT2D eigenvalue weighted by atomic mass is 16.6. The zero-order valence-electron chi connectivity index (χ0n) is 13.9. The molecule has 0 radical (unpaired) electrons. The fourth-order valence-corrected chi connectivity index (χ4v) is 2.77. The quantitative estimate of drug-likeness (QED) is 0.391. The number of aromatic nitrogens is 4. The lowest BCUT2D eigenvalue weighted by molar-refractivity contribution is -0.394. The van der Waals surface area contributed by atoms with Crippen LogP contribution in [0.25, 0.3) is 0 Å². The van der Waals surface area contributed by atoms with Crippen LogP contribution in [0.15, 0.2) is 42.7 Å². The average Bonchev–Trinajstić information content (AvgIpc) is 3.16. The summed E-state index contributed by atoms with van der Waals surface area (Å²) in [6.07, 6.45) is 1.19. The van der Waals surface area contributed by atoms with E-state index < -0.39 is 10.9 Å². The van der Waals surface area contributed by atoms with Gasteiger partial charge in [0.2, 0.25) is 6.33 Å². The van der Waals surface area contributed by atoms with E-state index in [-0.39, 0.29) is 12.3 Å². The Balaban J connectivity index is 1.81. The number of nitrogens with zero attached hydrogens (tertiary/aromatic N) is 5. The van der Waals surface area contributed by atoms with E-state index in [1.807, 2.05) is 50.2 Å². The predicted molar refractivity (Wildman–Crippen MR) is 90.5 cm³/mol. The highest BCUT2D eigenvalue weighted by Crippen LogP contribution is 2.18. The number of nitro groups is 1. The van der Waals surface area contributed by atoms with E-state index in [1.54, 1.807) is 0 Å². The van der Waals surface area contributed by atoms with E-state index in [0.717, 1.165) is 17.0 Å². The van der Waals surface area contributed by atoms with Gasteiger partial charge in [0.25, 0.3) is 0 Å². The second-order valence-corrected chi connectivity index (χ2v) is 5.78. The van der Waals surface area contributed by atoms with Gasteiger partial charge >= 0.3 is 5.95 Å². The van der Waals surface area contributed by atoms with Crippen molar-refractivity contribution < 1.29 is 9.72 Å². The summed E-state index contributed by atoms with van der Waals surface area (Å²) in [4.78, 5) is 26.1. The first-order valence-corrected chi connectivity index (χ1v) is 7.73. The summed E-state index contributed by atoms with van der Waals surface area (Å²) in [6.45, 7) is 4.44. The van der Waals surface area contributed by atoms with Crippen molar-refractivity contribution in [3.63, 3.8) is 0 Å². The van der Waals surface area contributed by atoms with Crippen LogP contribution in [-0.2, 0) is 13.1 Å². The summed E-state index contributed by atoms with van der Waals surface area (Å²) in [5.74, 6) is -0.672. The molecule has 3 aromatic rings. The van der Waals surface area contributed by atoms with Crippen LogP contribution in [0.5, 0.6) is 0 Å². The van der Waals surface area contributed by atoms with E-state index in [4.69, 9.17) is 0 Å². The Bertz CT molecular complexity index is 927. The van der Waals surface area contributed by atoms with Crippen molar-refractivity contribution in [1.29, 1.82) is 0 Å². The Hall–Kier alpha value is -3.29. The number of hydrogen-bond donors (Lipinski definition) is 0. The largest absolute Gasteiger partial charge is 0.490 e. The molecular weight excluding hydrogens is 322 g/mol.